The fourth-order valence-corrected chi connectivity index (χ4v) is 1.42. The van der Waals surface area contributed by atoms with Gasteiger partial charge in [-0.05, 0) is 18.0 Å². The molecule has 0 bridgehead atoms. The van der Waals surface area contributed by atoms with Crippen molar-refractivity contribution in [3.63, 3.8) is 0 Å². The number of nitrogens with zero attached hydrogens (tertiary/aromatic N) is 2. The average Bonchev–Trinajstić information content (AvgIpc) is 2.15. The Bertz CT molecular complexity index is 321. The predicted octanol–water partition coefficient (Wildman–Crippen LogP) is 1.55. The fraction of sp³-hybridized carbons (Fsp3) is 0.500. The summed E-state index contributed by atoms with van der Waals surface area (Å²) in [6, 6.07) is -0.378. The predicted molar refractivity (Wildman–Crippen MR) is 55.3 cm³/mol. The van der Waals surface area contributed by atoms with Crippen molar-refractivity contribution in [1.29, 1.82) is 0 Å². The molecule has 1 aromatic rings. The van der Waals surface area contributed by atoms with Crippen LogP contribution in [0, 0.1) is 0 Å². The Morgan fingerprint density at radius 1 is 1.57 bits per heavy atom. The van der Waals surface area contributed by atoms with Gasteiger partial charge in [-0.2, -0.15) is 0 Å². The van der Waals surface area contributed by atoms with E-state index >= 15 is 0 Å². The monoisotopic (exact) mass is 235 g/mol. The normalized spacial score (nSPS) is 15.2. The van der Waals surface area contributed by atoms with E-state index in [1.54, 1.807) is 0 Å². The summed E-state index contributed by atoms with van der Waals surface area (Å²) in [5.41, 5.74) is 6.07. The first-order chi connectivity index (χ1) is 6.56. The number of nitrogens with two attached hydrogens (primary N) is 1. The summed E-state index contributed by atoms with van der Waals surface area (Å²) in [4.78, 5) is 7.45. The highest BCUT2D eigenvalue weighted by atomic mass is 35.5. The van der Waals surface area contributed by atoms with E-state index in [0.717, 1.165) is 0 Å². The largest absolute Gasteiger partial charge is 0.387 e. The Morgan fingerprint density at radius 3 is 2.71 bits per heavy atom. The molecule has 1 aromatic heterocycles. The third-order valence-corrected chi connectivity index (χ3v) is 2.42. The van der Waals surface area contributed by atoms with Gasteiger partial charge in [0.25, 0.3) is 0 Å². The van der Waals surface area contributed by atoms with Crippen molar-refractivity contribution in [3.8, 4) is 0 Å². The maximum Gasteiger partial charge on any atom is 0.223 e. The Kier molecular flexibility index (Phi) is 4.07. The van der Waals surface area contributed by atoms with Gasteiger partial charge >= 0.3 is 0 Å². The molecular formula is C8H11Cl2N3O. The molecule has 6 heteroatoms. The topological polar surface area (TPSA) is 72.0 Å². The molecule has 14 heavy (non-hydrogen) atoms. The molecule has 0 aliphatic rings. The summed E-state index contributed by atoms with van der Waals surface area (Å²) in [6.07, 6.45) is 1.17. The van der Waals surface area contributed by atoms with Gasteiger partial charge in [-0.3, -0.25) is 0 Å². The molecule has 0 amide bonds. The first kappa shape index (κ1) is 11.7. The first-order valence-electron chi connectivity index (χ1n) is 4.17. The number of hydrogen-bond acceptors (Lipinski definition) is 4. The highest BCUT2D eigenvalue weighted by Gasteiger charge is 2.19. The molecule has 0 aliphatic carbocycles. The quantitative estimate of drug-likeness (QED) is 0.617. The second-order valence-electron chi connectivity index (χ2n) is 2.90. The summed E-state index contributed by atoms with van der Waals surface area (Å²) in [6.45, 7) is 1.87. The third kappa shape index (κ3) is 2.54. The Balaban J connectivity index is 2.95. The van der Waals surface area contributed by atoms with E-state index in [-0.39, 0.29) is 16.5 Å². The zero-order valence-electron chi connectivity index (χ0n) is 7.61. The number of rotatable bonds is 3. The molecular weight excluding hydrogens is 225 g/mol. The molecule has 0 saturated heterocycles. The molecule has 0 aliphatic heterocycles. The molecule has 2 atom stereocenters. The van der Waals surface area contributed by atoms with E-state index in [0.29, 0.717) is 12.0 Å². The third-order valence-electron chi connectivity index (χ3n) is 1.93. The summed E-state index contributed by atoms with van der Waals surface area (Å²) >= 11 is 11.3. The molecule has 0 aromatic carbocycles. The van der Waals surface area contributed by atoms with E-state index in [2.05, 4.69) is 9.97 Å². The van der Waals surface area contributed by atoms with Gasteiger partial charge in [0, 0.05) is 17.8 Å². The second-order valence-corrected chi connectivity index (χ2v) is 3.60. The maximum absolute atomic E-state index is 9.73. The van der Waals surface area contributed by atoms with E-state index in [1.165, 1.54) is 6.20 Å². The van der Waals surface area contributed by atoms with E-state index in [9.17, 15) is 5.11 Å². The van der Waals surface area contributed by atoms with Crippen LogP contribution < -0.4 is 5.73 Å². The van der Waals surface area contributed by atoms with E-state index < -0.39 is 6.10 Å². The summed E-state index contributed by atoms with van der Waals surface area (Å²) in [7, 11) is 0. The van der Waals surface area contributed by atoms with Crippen LogP contribution in [-0.4, -0.2) is 21.1 Å². The van der Waals surface area contributed by atoms with Gasteiger partial charge in [-0.15, -0.1) is 0 Å². The first-order valence-corrected chi connectivity index (χ1v) is 4.93. The maximum atomic E-state index is 9.73. The van der Waals surface area contributed by atoms with Crippen molar-refractivity contribution >= 4 is 23.2 Å². The Morgan fingerprint density at radius 2 is 2.21 bits per heavy atom. The van der Waals surface area contributed by atoms with Crippen molar-refractivity contribution in [1.82, 2.24) is 9.97 Å². The molecule has 0 radical (unpaired) electrons. The Hall–Kier alpha value is -0.420. The standard InChI is InChI=1S/C8H11Cl2N3O/c1-2-5(11)6(14)4-3-12-8(10)13-7(4)9/h3,5-6,14H,2,11H2,1H3/t5-,6+/m1/s1. The van der Waals surface area contributed by atoms with Crippen molar-refractivity contribution in [2.24, 2.45) is 5.73 Å². The lowest BCUT2D eigenvalue weighted by atomic mass is 10.0. The Labute approximate surface area is 92.1 Å². The molecule has 3 N–H and O–H groups in total. The number of aliphatic hydroxyl groups is 1. The molecule has 0 unspecified atom stereocenters. The molecule has 78 valence electrons. The van der Waals surface area contributed by atoms with Gasteiger partial charge in [-0.1, -0.05) is 18.5 Å². The summed E-state index contributed by atoms with van der Waals surface area (Å²) in [5.74, 6) is 0. The van der Waals surface area contributed by atoms with Gasteiger partial charge in [-0.25, -0.2) is 9.97 Å². The number of aromatic nitrogens is 2. The lowest BCUT2D eigenvalue weighted by Crippen LogP contribution is -2.27. The van der Waals surface area contributed by atoms with Crippen molar-refractivity contribution in [2.75, 3.05) is 0 Å². The van der Waals surface area contributed by atoms with Gasteiger partial charge in [0.2, 0.25) is 5.28 Å². The summed E-state index contributed by atoms with van der Waals surface area (Å²) < 4.78 is 0. The van der Waals surface area contributed by atoms with Gasteiger partial charge in [0.05, 0.1) is 6.10 Å². The van der Waals surface area contributed by atoms with Crippen LogP contribution in [0.1, 0.15) is 25.0 Å². The molecule has 1 heterocycles. The minimum Gasteiger partial charge on any atom is -0.387 e. The molecule has 0 saturated carbocycles. The van der Waals surface area contributed by atoms with E-state index in [4.69, 9.17) is 28.9 Å². The second kappa shape index (κ2) is 4.89. The highest BCUT2D eigenvalue weighted by Crippen LogP contribution is 2.24. The van der Waals surface area contributed by atoms with Crippen LogP contribution in [0.2, 0.25) is 10.4 Å². The lowest BCUT2D eigenvalue weighted by Gasteiger charge is -2.17. The van der Waals surface area contributed by atoms with Crippen molar-refractivity contribution in [3.05, 3.63) is 22.2 Å². The zero-order chi connectivity index (χ0) is 10.7. The van der Waals surface area contributed by atoms with Crippen LogP contribution >= 0.6 is 23.2 Å². The van der Waals surface area contributed by atoms with Crippen LogP contribution in [0.15, 0.2) is 6.20 Å². The zero-order valence-corrected chi connectivity index (χ0v) is 9.13. The van der Waals surface area contributed by atoms with Crippen LogP contribution in [0.3, 0.4) is 0 Å². The number of hydrogen-bond donors (Lipinski definition) is 2. The number of halogens is 2. The van der Waals surface area contributed by atoms with Crippen molar-refractivity contribution < 1.29 is 5.11 Å². The van der Waals surface area contributed by atoms with E-state index in [1.807, 2.05) is 6.92 Å². The number of aliphatic hydroxyl groups excluding tert-OH is 1. The van der Waals surface area contributed by atoms with Crippen LogP contribution in [0.25, 0.3) is 0 Å². The minimum absolute atomic E-state index is 0.0519. The molecule has 0 fully saturated rings. The SMILES string of the molecule is CC[C@@H](N)[C@@H](O)c1cnc(Cl)nc1Cl. The molecule has 4 nitrogen and oxygen atoms in total. The van der Waals surface area contributed by atoms with Crippen LogP contribution in [0.5, 0.6) is 0 Å². The van der Waals surface area contributed by atoms with Crippen molar-refractivity contribution in [2.45, 2.75) is 25.5 Å². The smallest absolute Gasteiger partial charge is 0.223 e. The van der Waals surface area contributed by atoms with Crippen LogP contribution in [0.4, 0.5) is 0 Å². The summed E-state index contributed by atoms with van der Waals surface area (Å²) in [5, 5.41) is 9.92. The molecule has 1 rings (SSSR count). The van der Waals surface area contributed by atoms with Gasteiger partial charge in [0.15, 0.2) is 0 Å². The molecule has 0 spiro atoms. The van der Waals surface area contributed by atoms with Gasteiger partial charge in [0.1, 0.15) is 5.15 Å². The van der Waals surface area contributed by atoms with Crippen LogP contribution in [-0.2, 0) is 0 Å². The van der Waals surface area contributed by atoms with Gasteiger partial charge < -0.3 is 10.8 Å². The minimum atomic E-state index is -0.857. The highest BCUT2D eigenvalue weighted by molar-refractivity contribution is 6.32. The average molecular weight is 236 g/mol. The fourth-order valence-electron chi connectivity index (χ4n) is 1.00. The lowest BCUT2D eigenvalue weighted by molar-refractivity contribution is 0.144.